The topological polar surface area (TPSA) is 18.5 Å². The van der Waals surface area contributed by atoms with Gasteiger partial charge in [-0.2, -0.15) is 0 Å². The number of rotatable bonds is 3. The van der Waals surface area contributed by atoms with Crippen molar-refractivity contribution >= 4 is 5.57 Å². The maximum atomic E-state index is 6.07. The lowest BCUT2D eigenvalue weighted by atomic mass is 9.97. The molecule has 2 aliphatic heterocycles. The fourth-order valence-corrected chi connectivity index (χ4v) is 3.18. The van der Waals surface area contributed by atoms with Crippen LogP contribution in [0.15, 0.2) is 60.7 Å². The highest BCUT2D eigenvalue weighted by Gasteiger charge is 2.30. The summed E-state index contributed by atoms with van der Waals surface area (Å²) in [4.78, 5) is 0. The molecule has 4 rings (SSSR count). The van der Waals surface area contributed by atoms with Gasteiger partial charge in [0.25, 0.3) is 0 Å². The van der Waals surface area contributed by atoms with Gasteiger partial charge in [0.1, 0.15) is 11.5 Å². The van der Waals surface area contributed by atoms with Crippen LogP contribution in [0.4, 0.5) is 0 Å². The second kappa shape index (κ2) is 5.38. The highest BCUT2D eigenvalue weighted by atomic mass is 16.5. The fourth-order valence-electron chi connectivity index (χ4n) is 3.18. The Morgan fingerprint density at radius 1 is 0.905 bits per heavy atom. The number of benzene rings is 2. The van der Waals surface area contributed by atoms with E-state index in [2.05, 4.69) is 18.2 Å². The van der Waals surface area contributed by atoms with Crippen LogP contribution in [0.2, 0.25) is 0 Å². The number of hydrogen-bond donors (Lipinski definition) is 0. The molecule has 2 aliphatic rings. The molecule has 21 heavy (non-hydrogen) atoms. The zero-order chi connectivity index (χ0) is 14.1. The summed E-state index contributed by atoms with van der Waals surface area (Å²) >= 11 is 0. The lowest BCUT2D eigenvalue weighted by Crippen LogP contribution is -2.15. The summed E-state index contributed by atoms with van der Waals surface area (Å²) in [6.45, 7) is 0. The highest BCUT2D eigenvalue weighted by molar-refractivity contribution is 5.72. The van der Waals surface area contributed by atoms with E-state index in [4.69, 9.17) is 9.47 Å². The van der Waals surface area contributed by atoms with Crippen LogP contribution < -0.4 is 4.74 Å². The summed E-state index contributed by atoms with van der Waals surface area (Å²) in [7, 11) is 0. The van der Waals surface area contributed by atoms with Crippen molar-refractivity contribution in [2.24, 2.45) is 0 Å². The van der Waals surface area contributed by atoms with Crippen LogP contribution in [0.1, 0.15) is 24.8 Å². The summed E-state index contributed by atoms with van der Waals surface area (Å²) in [5.41, 5.74) is 2.56. The van der Waals surface area contributed by atoms with Gasteiger partial charge >= 0.3 is 0 Å². The molecule has 2 atom stereocenters. The summed E-state index contributed by atoms with van der Waals surface area (Å²) in [6, 6.07) is 18.2. The molecule has 2 aromatic carbocycles. The Bertz CT molecular complexity index is 660. The zero-order valence-corrected chi connectivity index (χ0v) is 11.9. The standard InChI is InChI=1S/C19H18O2/c1-2-6-15(7-3-1)21-19-9-5-4-8-18(19)14-12-16-10-11-17(13-14)20-16/h1-9,12,16-17H,10-11,13H2. The van der Waals surface area contributed by atoms with E-state index in [0.717, 1.165) is 24.3 Å². The summed E-state index contributed by atoms with van der Waals surface area (Å²) < 4.78 is 12.0. The molecule has 2 nitrogen and oxygen atoms in total. The largest absolute Gasteiger partial charge is 0.457 e. The number of para-hydroxylation sites is 2. The van der Waals surface area contributed by atoms with Gasteiger partial charge in [-0.05, 0) is 43.0 Å². The van der Waals surface area contributed by atoms with Gasteiger partial charge < -0.3 is 9.47 Å². The molecule has 1 saturated heterocycles. The molecule has 0 amide bonds. The van der Waals surface area contributed by atoms with Gasteiger partial charge in [0.05, 0.1) is 12.2 Å². The maximum Gasteiger partial charge on any atom is 0.134 e. The molecule has 2 unspecified atom stereocenters. The minimum atomic E-state index is 0.295. The van der Waals surface area contributed by atoms with Crippen LogP contribution in [-0.4, -0.2) is 12.2 Å². The Labute approximate surface area is 125 Å². The van der Waals surface area contributed by atoms with Crippen molar-refractivity contribution in [1.29, 1.82) is 0 Å². The van der Waals surface area contributed by atoms with Crippen molar-refractivity contribution < 1.29 is 9.47 Å². The molecular weight excluding hydrogens is 260 g/mol. The van der Waals surface area contributed by atoms with E-state index in [1.165, 1.54) is 17.6 Å². The summed E-state index contributed by atoms with van der Waals surface area (Å²) in [5.74, 6) is 1.80. The van der Waals surface area contributed by atoms with Crippen LogP contribution >= 0.6 is 0 Å². The average Bonchev–Trinajstić information content (AvgIpc) is 2.87. The van der Waals surface area contributed by atoms with Gasteiger partial charge in [-0.25, -0.2) is 0 Å². The minimum absolute atomic E-state index is 0.295. The van der Waals surface area contributed by atoms with E-state index in [9.17, 15) is 0 Å². The van der Waals surface area contributed by atoms with Gasteiger partial charge in [0.15, 0.2) is 0 Å². The van der Waals surface area contributed by atoms with E-state index < -0.39 is 0 Å². The third-order valence-corrected chi connectivity index (χ3v) is 4.18. The normalized spacial score (nSPS) is 23.7. The maximum absolute atomic E-state index is 6.07. The molecule has 2 heterocycles. The van der Waals surface area contributed by atoms with Crippen molar-refractivity contribution in [2.75, 3.05) is 0 Å². The number of ether oxygens (including phenoxy) is 2. The second-order valence-corrected chi connectivity index (χ2v) is 5.68. The van der Waals surface area contributed by atoms with Crippen LogP contribution in [0, 0.1) is 0 Å². The van der Waals surface area contributed by atoms with Crippen LogP contribution in [0.3, 0.4) is 0 Å². The van der Waals surface area contributed by atoms with E-state index in [-0.39, 0.29) is 0 Å². The lowest BCUT2D eigenvalue weighted by molar-refractivity contribution is 0.0671. The van der Waals surface area contributed by atoms with Gasteiger partial charge in [0, 0.05) is 5.56 Å². The van der Waals surface area contributed by atoms with Gasteiger partial charge in [0.2, 0.25) is 0 Å². The molecule has 1 fully saturated rings. The van der Waals surface area contributed by atoms with Crippen molar-refractivity contribution in [3.63, 3.8) is 0 Å². The predicted octanol–water partition coefficient (Wildman–Crippen LogP) is 4.81. The molecule has 0 aliphatic carbocycles. The molecule has 0 spiro atoms. The SMILES string of the molecule is C1=C(c2ccccc2Oc2ccccc2)CC2CCC1O2. The summed E-state index contributed by atoms with van der Waals surface area (Å²) in [6.07, 6.45) is 6.27. The molecule has 106 valence electrons. The Hall–Kier alpha value is -2.06. The van der Waals surface area contributed by atoms with Crippen LogP contribution in [0.5, 0.6) is 11.5 Å². The van der Waals surface area contributed by atoms with Crippen LogP contribution in [-0.2, 0) is 4.74 Å². The molecule has 0 saturated carbocycles. The first-order valence-corrected chi connectivity index (χ1v) is 7.57. The quantitative estimate of drug-likeness (QED) is 0.802. The zero-order valence-electron chi connectivity index (χ0n) is 11.9. The fraction of sp³-hybridized carbons (Fsp3) is 0.263. The van der Waals surface area contributed by atoms with E-state index in [1.807, 2.05) is 42.5 Å². The Kier molecular flexibility index (Phi) is 3.24. The Balaban J connectivity index is 1.67. The monoisotopic (exact) mass is 278 g/mol. The Morgan fingerprint density at radius 2 is 1.71 bits per heavy atom. The number of hydrogen-bond acceptors (Lipinski definition) is 2. The molecule has 2 heteroatoms. The third kappa shape index (κ3) is 2.59. The second-order valence-electron chi connectivity index (χ2n) is 5.68. The smallest absolute Gasteiger partial charge is 0.134 e. The molecule has 2 aromatic rings. The first-order valence-electron chi connectivity index (χ1n) is 7.57. The first kappa shape index (κ1) is 12.7. The molecule has 0 aromatic heterocycles. The lowest BCUT2D eigenvalue weighted by Gasteiger charge is -2.22. The summed E-state index contributed by atoms with van der Waals surface area (Å²) in [5, 5.41) is 0. The Morgan fingerprint density at radius 3 is 2.57 bits per heavy atom. The van der Waals surface area contributed by atoms with Gasteiger partial charge in [-0.15, -0.1) is 0 Å². The van der Waals surface area contributed by atoms with Crippen molar-refractivity contribution in [1.82, 2.24) is 0 Å². The average molecular weight is 278 g/mol. The molecule has 2 bridgehead atoms. The molecule has 0 N–H and O–H groups in total. The molecular formula is C19H18O2. The third-order valence-electron chi connectivity index (χ3n) is 4.18. The van der Waals surface area contributed by atoms with Crippen LogP contribution in [0.25, 0.3) is 5.57 Å². The molecule has 0 radical (unpaired) electrons. The van der Waals surface area contributed by atoms with Crippen molar-refractivity contribution in [3.05, 3.63) is 66.2 Å². The van der Waals surface area contributed by atoms with E-state index >= 15 is 0 Å². The minimum Gasteiger partial charge on any atom is -0.457 e. The van der Waals surface area contributed by atoms with Crippen molar-refractivity contribution in [3.8, 4) is 11.5 Å². The van der Waals surface area contributed by atoms with E-state index in [0.29, 0.717) is 12.2 Å². The first-order chi connectivity index (χ1) is 10.4. The van der Waals surface area contributed by atoms with Gasteiger partial charge in [-0.3, -0.25) is 0 Å². The highest BCUT2D eigenvalue weighted by Crippen LogP contribution is 2.39. The van der Waals surface area contributed by atoms with Gasteiger partial charge in [-0.1, -0.05) is 42.5 Å². The van der Waals surface area contributed by atoms with Crippen molar-refractivity contribution in [2.45, 2.75) is 31.5 Å². The predicted molar refractivity (Wildman–Crippen MR) is 83.4 cm³/mol. The number of fused-ring (bicyclic) bond motifs is 2. The van der Waals surface area contributed by atoms with E-state index in [1.54, 1.807) is 0 Å².